The van der Waals surface area contributed by atoms with E-state index in [1.54, 1.807) is 27.0 Å². The smallest absolute Gasteiger partial charge is 0.341 e. The van der Waals surface area contributed by atoms with Crippen LogP contribution >= 0.6 is 11.3 Å². The first-order valence-corrected chi connectivity index (χ1v) is 10.8. The van der Waals surface area contributed by atoms with E-state index in [2.05, 4.69) is 22.4 Å². The number of carboxylic acids is 1. The third kappa shape index (κ3) is 4.00. The largest absolute Gasteiger partial charge is 0.477 e. The summed E-state index contributed by atoms with van der Waals surface area (Å²) in [6, 6.07) is 4.17. The van der Waals surface area contributed by atoms with Gasteiger partial charge in [0, 0.05) is 56.8 Å². The van der Waals surface area contributed by atoms with E-state index in [4.69, 9.17) is 0 Å². The second kappa shape index (κ2) is 8.12. The second-order valence-corrected chi connectivity index (χ2v) is 8.83. The fraction of sp³-hybridized carbons (Fsp3) is 0.476. The molecule has 0 bridgehead atoms. The van der Waals surface area contributed by atoms with E-state index >= 15 is 0 Å². The van der Waals surface area contributed by atoms with Crippen molar-refractivity contribution in [3.63, 3.8) is 0 Å². The molecule has 0 aliphatic carbocycles. The van der Waals surface area contributed by atoms with Crippen LogP contribution in [0.5, 0.6) is 0 Å². The number of amides is 1. The highest BCUT2D eigenvalue weighted by molar-refractivity contribution is 7.09. The monoisotopic (exact) mass is 415 g/mol. The Morgan fingerprint density at radius 1 is 1.24 bits per heavy atom. The molecule has 0 atom stereocenters. The molecule has 0 aromatic carbocycles. The Balaban J connectivity index is 1.58. The van der Waals surface area contributed by atoms with Gasteiger partial charge in [0.05, 0.1) is 0 Å². The van der Waals surface area contributed by atoms with Crippen molar-refractivity contribution in [3.05, 3.63) is 55.6 Å². The van der Waals surface area contributed by atoms with E-state index in [0.29, 0.717) is 25.1 Å². The molecule has 2 aliphatic rings. The van der Waals surface area contributed by atoms with E-state index in [1.807, 2.05) is 0 Å². The van der Waals surface area contributed by atoms with Crippen LogP contribution in [-0.2, 0) is 24.3 Å². The lowest BCUT2D eigenvalue weighted by molar-refractivity contribution is -0.129. The van der Waals surface area contributed by atoms with Crippen molar-refractivity contribution < 1.29 is 14.7 Å². The van der Waals surface area contributed by atoms with Crippen LogP contribution in [0.15, 0.2) is 28.5 Å². The summed E-state index contributed by atoms with van der Waals surface area (Å²) in [6.07, 6.45) is 3.82. The van der Waals surface area contributed by atoms with E-state index in [-0.39, 0.29) is 17.5 Å². The molecule has 0 unspecified atom stereocenters. The molecule has 8 heteroatoms. The van der Waals surface area contributed by atoms with Gasteiger partial charge in [-0.25, -0.2) is 4.79 Å². The zero-order chi connectivity index (χ0) is 20.5. The van der Waals surface area contributed by atoms with Gasteiger partial charge in [-0.1, -0.05) is 6.07 Å². The van der Waals surface area contributed by atoms with Crippen molar-refractivity contribution in [3.8, 4) is 0 Å². The second-order valence-electron chi connectivity index (χ2n) is 7.80. The topological polar surface area (TPSA) is 82.9 Å². The summed E-state index contributed by atoms with van der Waals surface area (Å²) in [7, 11) is 0. The molecule has 4 heterocycles. The summed E-state index contributed by atoms with van der Waals surface area (Å²) in [4.78, 5) is 42.1. The number of carbonyl (C=O) groups is 2. The number of hydrogen-bond donors (Lipinski definition) is 1. The quantitative estimate of drug-likeness (QED) is 0.829. The lowest BCUT2D eigenvalue weighted by Gasteiger charge is -2.34. The van der Waals surface area contributed by atoms with Crippen LogP contribution < -0.4 is 5.56 Å². The Labute approximate surface area is 173 Å². The SMILES string of the molecule is CC(=O)N1CCc2c(cn(C3CCN(Cc4cccs4)CC3)c(=O)c2C(=O)O)C1. The molecule has 1 fully saturated rings. The van der Waals surface area contributed by atoms with Crippen LogP contribution in [0.2, 0.25) is 0 Å². The minimum Gasteiger partial charge on any atom is -0.477 e. The van der Waals surface area contributed by atoms with Gasteiger partial charge in [-0.2, -0.15) is 0 Å². The van der Waals surface area contributed by atoms with Gasteiger partial charge in [0.15, 0.2) is 0 Å². The summed E-state index contributed by atoms with van der Waals surface area (Å²) in [5, 5.41) is 11.8. The fourth-order valence-electron chi connectivity index (χ4n) is 4.42. The average molecular weight is 416 g/mol. The highest BCUT2D eigenvalue weighted by Gasteiger charge is 2.29. The minimum absolute atomic E-state index is 0.0156. The van der Waals surface area contributed by atoms with Gasteiger partial charge in [-0.3, -0.25) is 14.5 Å². The molecule has 2 aromatic heterocycles. The maximum atomic E-state index is 13.0. The van der Waals surface area contributed by atoms with Gasteiger partial charge >= 0.3 is 5.97 Å². The first kappa shape index (κ1) is 19.8. The molecule has 7 nitrogen and oxygen atoms in total. The number of carboxylic acid groups (broad SMARTS) is 1. The molecule has 2 aliphatic heterocycles. The number of pyridine rings is 1. The summed E-state index contributed by atoms with van der Waals surface area (Å²) in [5.74, 6) is -1.21. The van der Waals surface area contributed by atoms with E-state index in [1.165, 1.54) is 11.8 Å². The van der Waals surface area contributed by atoms with Gasteiger partial charge in [0.1, 0.15) is 5.56 Å². The Bertz CT molecular complexity index is 975. The van der Waals surface area contributed by atoms with Crippen LogP contribution in [-0.4, -0.2) is 51.0 Å². The van der Waals surface area contributed by atoms with Gasteiger partial charge in [-0.05, 0) is 41.8 Å². The lowest BCUT2D eigenvalue weighted by Crippen LogP contribution is -2.41. The van der Waals surface area contributed by atoms with Crippen LogP contribution in [0, 0.1) is 0 Å². The third-order valence-corrected chi connectivity index (χ3v) is 6.86. The van der Waals surface area contributed by atoms with E-state index in [9.17, 15) is 19.5 Å². The zero-order valence-corrected chi connectivity index (χ0v) is 17.3. The standard InChI is InChI=1S/C21H25N3O4S/c1-14(25)23-9-6-18-15(11-23)12-24(20(26)19(18)21(27)28)16-4-7-22(8-5-16)13-17-3-2-10-29-17/h2-3,10,12,16H,4-9,11,13H2,1H3,(H,27,28). The summed E-state index contributed by atoms with van der Waals surface area (Å²) in [5.41, 5.74) is 0.840. The number of aromatic carboxylic acids is 1. The number of carbonyl (C=O) groups excluding carboxylic acids is 1. The molecule has 0 radical (unpaired) electrons. The molecule has 1 amide bonds. The van der Waals surface area contributed by atoms with Crippen molar-refractivity contribution in [1.82, 2.24) is 14.4 Å². The molecule has 2 aromatic rings. The number of piperidine rings is 1. The number of nitrogens with zero attached hydrogens (tertiary/aromatic N) is 3. The third-order valence-electron chi connectivity index (χ3n) is 5.99. The molecule has 0 saturated carbocycles. The summed E-state index contributed by atoms with van der Waals surface area (Å²) < 4.78 is 1.62. The van der Waals surface area contributed by atoms with Crippen molar-refractivity contribution >= 4 is 23.2 Å². The van der Waals surface area contributed by atoms with Crippen molar-refractivity contribution in [2.24, 2.45) is 0 Å². The summed E-state index contributed by atoms with van der Waals surface area (Å²) >= 11 is 1.74. The Kier molecular flexibility index (Phi) is 5.56. The molecular weight excluding hydrogens is 390 g/mol. The number of likely N-dealkylation sites (tertiary alicyclic amines) is 1. The number of fused-ring (bicyclic) bond motifs is 1. The lowest BCUT2D eigenvalue weighted by atomic mass is 9.95. The maximum Gasteiger partial charge on any atom is 0.341 e. The first-order valence-electron chi connectivity index (χ1n) is 9.94. The molecule has 1 N–H and O–H groups in total. The Morgan fingerprint density at radius 3 is 2.62 bits per heavy atom. The number of aromatic nitrogens is 1. The van der Waals surface area contributed by atoms with Crippen LogP contribution in [0.3, 0.4) is 0 Å². The zero-order valence-electron chi connectivity index (χ0n) is 16.5. The fourth-order valence-corrected chi connectivity index (χ4v) is 5.16. The van der Waals surface area contributed by atoms with Crippen LogP contribution in [0.4, 0.5) is 0 Å². The Hall–Kier alpha value is -2.45. The first-order chi connectivity index (χ1) is 13.9. The van der Waals surface area contributed by atoms with E-state index < -0.39 is 11.5 Å². The average Bonchev–Trinajstić information content (AvgIpc) is 3.20. The normalized spacial score (nSPS) is 17.9. The number of rotatable bonds is 4. The number of hydrogen-bond acceptors (Lipinski definition) is 5. The van der Waals surface area contributed by atoms with Crippen LogP contribution in [0.25, 0.3) is 0 Å². The van der Waals surface area contributed by atoms with Crippen molar-refractivity contribution in [1.29, 1.82) is 0 Å². The van der Waals surface area contributed by atoms with Gasteiger partial charge < -0.3 is 14.6 Å². The van der Waals surface area contributed by atoms with Gasteiger partial charge in [0.25, 0.3) is 5.56 Å². The predicted octanol–water partition coefficient (Wildman–Crippen LogP) is 2.35. The van der Waals surface area contributed by atoms with Crippen molar-refractivity contribution in [2.75, 3.05) is 19.6 Å². The summed E-state index contributed by atoms with van der Waals surface area (Å²) in [6.45, 7) is 4.98. The maximum absolute atomic E-state index is 13.0. The highest BCUT2D eigenvalue weighted by Crippen LogP contribution is 2.27. The molecular formula is C21H25N3O4S. The molecule has 154 valence electrons. The van der Waals surface area contributed by atoms with Crippen LogP contribution in [0.1, 0.15) is 52.2 Å². The minimum atomic E-state index is -1.17. The Morgan fingerprint density at radius 2 is 2.00 bits per heavy atom. The molecule has 0 spiro atoms. The molecule has 29 heavy (non-hydrogen) atoms. The van der Waals surface area contributed by atoms with Crippen molar-refractivity contribution in [2.45, 2.75) is 45.3 Å². The van der Waals surface area contributed by atoms with Gasteiger partial charge in [-0.15, -0.1) is 11.3 Å². The highest BCUT2D eigenvalue weighted by atomic mass is 32.1. The van der Waals surface area contributed by atoms with E-state index in [0.717, 1.165) is 38.0 Å². The molecule has 4 rings (SSSR count). The molecule has 1 saturated heterocycles. The predicted molar refractivity (Wildman–Crippen MR) is 110 cm³/mol. The van der Waals surface area contributed by atoms with Gasteiger partial charge in [0.2, 0.25) is 5.91 Å². The number of thiophene rings is 1.